The highest BCUT2D eigenvalue weighted by molar-refractivity contribution is 8.01. The highest BCUT2D eigenvalue weighted by Gasteiger charge is 2.51. The van der Waals surface area contributed by atoms with Crippen molar-refractivity contribution in [3.63, 3.8) is 0 Å². The summed E-state index contributed by atoms with van der Waals surface area (Å²) < 4.78 is 1.43. The number of hydrogen-bond donors (Lipinski definition) is 4. The fraction of sp³-hybridized carbons (Fsp3) is 0.400. The summed E-state index contributed by atoms with van der Waals surface area (Å²) in [5.41, 5.74) is 6.70. The topological polar surface area (TPSA) is 167 Å². The van der Waals surface area contributed by atoms with Gasteiger partial charge in [-0.1, -0.05) is 0 Å². The molecule has 0 aromatic carbocycles. The first-order valence-electron chi connectivity index (χ1n) is 8.20. The van der Waals surface area contributed by atoms with E-state index in [9.17, 15) is 24.9 Å². The molecular weight excluding hydrogens is 408 g/mol. The average molecular weight is 424 g/mol. The number of carbonyl (C=O) groups excluding carboxylic acids is 1. The number of aromatic nitrogens is 4. The molecular formula is C15H16N6O5S2. The number of β-lactam (4-membered cyclic amide) rings is 1. The highest BCUT2D eigenvalue weighted by Crippen LogP contribution is 2.40. The van der Waals surface area contributed by atoms with Crippen LogP contribution in [0, 0.1) is 0 Å². The molecule has 1 fully saturated rings. The molecule has 0 radical (unpaired) electrons. The Balaban J connectivity index is 1.66. The van der Waals surface area contributed by atoms with Crippen LogP contribution in [0.1, 0.15) is 11.5 Å². The van der Waals surface area contributed by atoms with Gasteiger partial charge in [-0.2, -0.15) is 9.50 Å². The number of nitrogens with zero attached hydrogens (tertiary/aromatic N) is 5. The number of hydrogen-bond acceptors (Lipinski definition) is 10. The van der Waals surface area contributed by atoms with Crippen molar-refractivity contribution in [1.82, 2.24) is 24.5 Å². The fourth-order valence-electron chi connectivity index (χ4n) is 3.03. The summed E-state index contributed by atoms with van der Waals surface area (Å²) in [6.07, 6.45) is 0. The molecule has 2 aromatic heterocycles. The quantitative estimate of drug-likeness (QED) is 0.249. The van der Waals surface area contributed by atoms with Crippen LogP contribution in [0.25, 0.3) is 5.78 Å². The maximum atomic E-state index is 12.0. The van der Waals surface area contributed by atoms with Gasteiger partial charge in [-0.25, -0.2) is 9.78 Å². The summed E-state index contributed by atoms with van der Waals surface area (Å²) >= 11 is 2.72. The molecule has 0 spiro atoms. The summed E-state index contributed by atoms with van der Waals surface area (Å²) in [4.78, 5) is 33.3. The SMILES string of the molecule is NC1C(=O)N2C(C(=O)O)=C(CSc3cc(CO)nc4nc(CO)nn34)CS[C@H]12. The molecule has 2 aliphatic heterocycles. The van der Waals surface area contributed by atoms with E-state index in [0.717, 1.165) is 0 Å². The van der Waals surface area contributed by atoms with Gasteiger partial charge < -0.3 is 21.1 Å². The first-order chi connectivity index (χ1) is 13.4. The molecule has 13 heteroatoms. The molecule has 4 heterocycles. The molecule has 11 nitrogen and oxygen atoms in total. The van der Waals surface area contributed by atoms with Gasteiger partial charge in [0.25, 0.3) is 5.78 Å². The maximum absolute atomic E-state index is 12.0. The Morgan fingerprint density at radius 2 is 2.14 bits per heavy atom. The number of aliphatic hydroxyl groups excluding tert-OH is 2. The Hall–Kier alpha value is -2.19. The molecule has 2 aliphatic rings. The zero-order valence-corrected chi connectivity index (χ0v) is 16.0. The standard InChI is InChI=1S/C15H16N6O5S2/c16-10-12(24)20-11(14(25)26)6(5-28-13(10)20)4-27-9-1-7(2-22)17-15-18-8(3-23)19-21(9)15/h1,10,13,22-23H,2-5,16H2,(H,25,26)/t10?,13-/m1/s1. The Bertz CT molecular complexity index is 1010. The van der Waals surface area contributed by atoms with E-state index in [-0.39, 0.29) is 35.9 Å². The summed E-state index contributed by atoms with van der Waals surface area (Å²) in [5, 5.41) is 32.7. The lowest BCUT2D eigenvalue weighted by Crippen LogP contribution is -2.68. The molecule has 28 heavy (non-hydrogen) atoms. The van der Waals surface area contributed by atoms with Crippen LogP contribution >= 0.6 is 23.5 Å². The first-order valence-corrected chi connectivity index (χ1v) is 10.2. The molecule has 2 atom stereocenters. The number of thioether (sulfide) groups is 2. The first kappa shape index (κ1) is 19.1. The van der Waals surface area contributed by atoms with Crippen molar-refractivity contribution in [3.05, 3.63) is 28.9 Å². The Kier molecular flexibility index (Phi) is 5.01. The lowest BCUT2D eigenvalue weighted by atomic mass is 10.0. The lowest BCUT2D eigenvalue weighted by Gasteiger charge is -2.48. The molecule has 148 valence electrons. The number of nitrogens with two attached hydrogens (primary N) is 1. The second-order valence-corrected chi connectivity index (χ2v) is 8.22. The zero-order valence-electron chi connectivity index (χ0n) is 14.3. The van der Waals surface area contributed by atoms with E-state index in [1.54, 1.807) is 6.07 Å². The van der Waals surface area contributed by atoms with E-state index >= 15 is 0 Å². The van der Waals surface area contributed by atoms with Gasteiger partial charge in [-0.15, -0.1) is 28.6 Å². The smallest absolute Gasteiger partial charge is 0.352 e. The maximum Gasteiger partial charge on any atom is 0.352 e. The van der Waals surface area contributed by atoms with E-state index in [0.29, 0.717) is 27.8 Å². The number of carbonyl (C=O) groups is 2. The molecule has 5 N–H and O–H groups in total. The molecule has 1 saturated heterocycles. The van der Waals surface area contributed by atoms with Crippen molar-refractivity contribution in [2.24, 2.45) is 5.73 Å². The molecule has 0 aliphatic carbocycles. The monoisotopic (exact) mass is 424 g/mol. The number of amides is 1. The van der Waals surface area contributed by atoms with Crippen LogP contribution in [0.5, 0.6) is 0 Å². The molecule has 0 saturated carbocycles. The second-order valence-electron chi connectivity index (χ2n) is 6.12. The van der Waals surface area contributed by atoms with Crippen molar-refractivity contribution < 1.29 is 24.9 Å². The van der Waals surface area contributed by atoms with Crippen molar-refractivity contribution in [2.45, 2.75) is 29.7 Å². The number of carboxylic acids is 1. The van der Waals surface area contributed by atoms with Gasteiger partial charge in [0.05, 0.1) is 12.3 Å². The molecule has 4 rings (SSSR count). The van der Waals surface area contributed by atoms with Crippen LogP contribution in [-0.2, 0) is 22.8 Å². The van der Waals surface area contributed by atoms with E-state index in [2.05, 4.69) is 15.1 Å². The van der Waals surface area contributed by atoms with Gasteiger partial charge in [0.2, 0.25) is 5.91 Å². The minimum Gasteiger partial charge on any atom is -0.477 e. The number of fused-ring (bicyclic) bond motifs is 2. The normalized spacial score (nSPS) is 21.8. The molecule has 2 aromatic rings. The van der Waals surface area contributed by atoms with E-state index in [1.807, 2.05) is 0 Å². The molecule has 1 amide bonds. The summed E-state index contributed by atoms with van der Waals surface area (Å²) in [6, 6.07) is 0.949. The van der Waals surface area contributed by atoms with Crippen LogP contribution in [0.2, 0.25) is 0 Å². The van der Waals surface area contributed by atoms with Crippen LogP contribution in [0.3, 0.4) is 0 Å². The van der Waals surface area contributed by atoms with Crippen molar-refractivity contribution in [3.8, 4) is 0 Å². The van der Waals surface area contributed by atoms with Crippen molar-refractivity contribution >= 4 is 41.2 Å². The number of rotatable bonds is 6. The largest absolute Gasteiger partial charge is 0.477 e. The third-order valence-corrected chi connectivity index (χ3v) is 6.81. The van der Waals surface area contributed by atoms with Gasteiger partial charge in [0.15, 0.2) is 5.82 Å². The number of aliphatic hydroxyl groups is 2. The lowest BCUT2D eigenvalue weighted by molar-refractivity contribution is -0.147. The van der Waals surface area contributed by atoms with Crippen LogP contribution in [0.4, 0.5) is 0 Å². The number of carboxylic acid groups (broad SMARTS) is 1. The van der Waals surface area contributed by atoms with E-state index in [1.165, 1.54) is 32.9 Å². The van der Waals surface area contributed by atoms with Gasteiger partial charge in [0, 0.05) is 11.5 Å². The minimum atomic E-state index is -1.17. The van der Waals surface area contributed by atoms with Crippen LogP contribution in [-0.4, -0.2) is 74.6 Å². The van der Waals surface area contributed by atoms with Gasteiger partial charge in [0.1, 0.15) is 28.7 Å². The Morgan fingerprint density at radius 1 is 1.36 bits per heavy atom. The van der Waals surface area contributed by atoms with Crippen LogP contribution in [0.15, 0.2) is 22.4 Å². The Morgan fingerprint density at radius 3 is 2.82 bits per heavy atom. The van der Waals surface area contributed by atoms with Crippen molar-refractivity contribution in [1.29, 1.82) is 0 Å². The van der Waals surface area contributed by atoms with E-state index < -0.39 is 17.9 Å². The van der Waals surface area contributed by atoms with Gasteiger partial charge in [-0.05, 0) is 11.6 Å². The summed E-state index contributed by atoms with van der Waals surface area (Å²) in [5.74, 6) is -0.413. The third-order valence-electron chi connectivity index (χ3n) is 4.37. The fourth-order valence-corrected chi connectivity index (χ4v) is 5.48. The average Bonchev–Trinajstić information content (AvgIpc) is 3.13. The minimum absolute atomic E-state index is 0.0229. The second kappa shape index (κ2) is 7.33. The predicted octanol–water partition coefficient (Wildman–Crippen LogP) is -1.22. The number of aliphatic carboxylic acids is 1. The molecule has 0 bridgehead atoms. The Labute approximate surface area is 166 Å². The van der Waals surface area contributed by atoms with E-state index in [4.69, 9.17) is 5.73 Å². The summed E-state index contributed by atoms with van der Waals surface area (Å²) in [7, 11) is 0. The zero-order chi connectivity index (χ0) is 20.0. The summed E-state index contributed by atoms with van der Waals surface area (Å²) in [6.45, 7) is -0.655. The molecule has 1 unspecified atom stereocenters. The van der Waals surface area contributed by atoms with Gasteiger partial charge in [-0.3, -0.25) is 9.69 Å². The van der Waals surface area contributed by atoms with Crippen molar-refractivity contribution in [2.75, 3.05) is 11.5 Å². The van der Waals surface area contributed by atoms with Crippen LogP contribution < -0.4 is 5.73 Å². The predicted molar refractivity (Wildman–Crippen MR) is 99.1 cm³/mol. The van der Waals surface area contributed by atoms with Gasteiger partial charge >= 0.3 is 5.97 Å². The highest BCUT2D eigenvalue weighted by atomic mass is 32.2. The third kappa shape index (κ3) is 3.04.